The zero-order valence-electron chi connectivity index (χ0n) is 23.5. The summed E-state index contributed by atoms with van der Waals surface area (Å²) >= 11 is 0. The number of aryl methyl sites for hydroxylation is 2. The van der Waals surface area contributed by atoms with Crippen molar-refractivity contribution in [1.29, 1.82) is 0 Å². The van der Waals surface area contributed by atoms with Gasteiger partial charge in [-0.2, -0.15) is 0 Å². The van der Waals surface area contributed by atoms with Crippen molar-refractivity contribution in [3.8, 4) is 0 Å². The molecule has 0 amide bonds. The van der Waals surface area contributed by atoms with E-state index in [-0.39, 0.29) is 10.5 Å². The highest BCUT2D eigenvalue weighted by Crippen LogP contribution is 2.34. The van der Waals surface area contributed by atoms with Crippen LogP contribution in [-0.4, -0.2) is 56.6 Å². The average Bonchev–Trinajstić information content (AvgIpc) is 2.92. The predicted molar refractivity (Wildman–Crippen MR) is 163 cm³/mol. The van der Waals surface area contributed by atoms with Crippen LogP contribution in [0.1, 0.15) is 35.4 Å². The molecule has 0 spiro atoms. The number of hydrogen-bond acceptors (Lipinski definition) is 8. The normalized spacial score (nSPS) is 14.8. The van der Waals surface area contributed by atoms with E-state index in [4.69, 9.17) is 9.88 Å². The van der Waals surface area contributed by atoms with Gasteiger partial charge in [0.1, 0.15) is 16.5 Å². The van der Waals surface area contributed by atoms with Crippen molar-refractivity contribution >= 4 is 43.8 Å². The molecule has 4 aromatic rings. The lowest BCUT2D eigenvalue weighted by atomic mass is 9.86. The Morgan fingerprint density at radius 2 is 1.85 bits per heavy atom. The fourth-order valence-corrected chi connectivity index (χ4v) is 6.61. The number of nitrogens with zero attached hydrogens (tertiary/aromatic N) is 2. The van der Waals surface area contributed by atoms with Crippen molar-refractivity contribution in [1.82, 2.24) is 14.9 Å². The molecular formula is C30H36N6O4S. The first kappa shape index (κ1) is 28.7. The van der Waals surface area contributed by atoms with Gasteiger partial charge in [-0.15, -0.1) is 0 Å². The molecule has 0 aliphatic carbocycles. The summed E-state index contributed by atoms with van der Waals surface area (Å²) in [4.78, 5) is 22.7. The number of methoxy groups -OCH3 is 1. The Kier molecular flexibility index (Phi) is 8.41. The van der Waals surface area contributed by atoms with Crippen molar-refractivity contribution in [3.63, 3.8) is 0 Å². The molecule has 2 aromatic carbocycles. The number of fused-ring (bicyclic) bond motifs is 1. The molecule has 1 aliphatic rings. The number of ether oxygens (including phenoxy) is 1. The van der Waals surface area contributed by atoms with Crippen LogP contribution < -0.4 is 21.3 Å². The lowest BCUT2D eigenvalue weighted by Crippen LogP contribution is -2.35. The summed E-state index contributed by atoms with van der Waals surface area (Å²) in [7, 11) is -2.25. The quantitative estimate of drug-likeness (QED) is 0.228. The molecule has 1 fully saturated rings. The largest absolute Gasteiger partial charge is 0.383 e. The van der Waals surface area contributed by atoms with Gasteiger partial charge in [-0.05, 0) is 98.1 Å². The van der Waals surface area contributed by atoms with Crippen LogP contribution in [0.5, 0.6) is 0 Å². The number of rotatable bonds is 9. The third-order valence-corrected chi connectivity index (χ3v) is 8.80. The zero-order chi connectivity index (χ0) is 29.1. The maximum Gasteiger partial charge on any atom is 0.259 e. The summed E-state index contributed by atoms with van der Waals surface area (Å²) in [5.74, 6) is 1.23. The number of nitrogens with two attached hydrogens (primary N) is 1. The Labute approximate surface area is 240 Å². The second-order valence-corrected chi connectivity index (χ2v) is 12.1. The number of piperidine rings is 1. The topological polar surface area (TPSA) is 142 Å². The van der Waals surface area contributed by atoms with Crippen molar-refractivity contribution in [2.24, 2.45) is 5.14 Å². The number of H-pyrrole nitrogens is 1. The number of benzene rings is 2. The van der Waals surface area contributed by atoms with Crippen molar-refractivity contribution in [2.75, 3.05) is 44.0 Å². The summed E-state index contributed by atoms with van der Waals surface area (Å²) in [5, 5.41) is 13.0. The first-order chi connectivity index (χ1) is 19.6. The molecule has 0 radical (unpaired) electrons. The van der Waals surface area contributed by atoms with Crippen LogP contribution in [0.15, 0.2) is 64.4 Å². The van der Waals surface area contributed by atoms with E-state index in [2.05, 4.69) is 44.6 Å². The number of hydrogen-bond donors (Lipinski definition) is 4. The van der Waals surface area contributed by atoms with Crippen LogP contribution in [0.2, 0.25) is 0 Å². The second kappa shape index (κ2) is 12.0. The van der Waals surface area contributed by atoms with Crippen LogP contribution in [0.4, 0.5) is 23.0 Å². The van der Waals surface area contributed by atoms with E-state index in [1.165, 1.54) is 11.1 Å². The summed E-state index contributed by atoms with van der Waals surface area (Å²) in [6, 6.07) is 14.8. The molecule has 216 valence electrons. The number of pyridine rings is 2. The number of nitrogens with one attached hydrogen (secondary N) is 3. The van der Waals surface area contributed by atoms with E-state index in [0.717, 1.165) is 44.8 Å². The molecule has 11 heteroatoms. The highest BCUT2D eigenvalue weighted by Gasteiger charge is 2.22. The Hall–Kier alpha value is -3.77. The second-order valence-electron chi connectivity index (χ2n) is 10.6. The minimum absolute atomic E-state index is 0.00180. The zero-order valence-corrected chi connectivity index (χ0v) is 24.3. The molecule has 0 atom stereocenters. The van der Waals surface area contributed by atoms with E-state index in [1.807, 2.05) is 6.07 Å². The lowest BCUT2D eigenvalue weighted by molar-refractivity contribution is 0.130. The van der Waals surface area contributed by atoms with Crippen molar-refractivity contribution in [2.45, 2.75) is 37.5 Å². The number of sulfonamides is 1. The highest BCUT2D eigenvalue weighted by atomic mass is 32.2. The maximum atomic E-state index is 12.8. The van der Waals surface area contributed by atoms with Gasteiger partial charge in [0.15, 0.2) is 0 Å². The van der Waals surface area contributed by atoms with E-state index in [9.17, 15) is 13.2 Å². The Morgan fingerprint density at radius 3 is 2.56 bits per heavy atom. The van der Waals surface area contributed by atoms with E-state index < -0.39 is 10.0 Å². The third-order valence-electron chi connectivity index (χ3n) is 7.69. The van der Waals surface area contributed by atoms with Gasteiger partial charge in [0.2, 0.25) is 10.0 Å². The SMILES string of the molecule is COCCN1CCC(c2ccc(Nc3nc(Nc4cccc(C)c4S(N)(=O)=O)cc4cc[nH]c(=O)c34)cc2C)CC1. The van der Waals surface area contributed by atoms with Gasteiger partial charge in [-0.1, -0.05) is 18.2 Å². The van der Waals surface area contributed by atoms with E-state index in [1.54, 1.807) is 50.6 Å². The van der Waals surface area contributed by atoms with Gasteiger partial charge >= 0.3 is 0 Å². The maximum absolute atomic E-state index is 12.8. The van der Waals surface area contributed by atoms with Crippen LogP contribution in [-0.2, 0) is 14.8 Å². The average molecular weight is 577 g/mol. The van der Waals surface area contributed by atoms with Gasteiger partial charge in [0.25, 0.3) is 5.56 Å². The molecule has 41 heavy (non-hydrogen) atoms. The minimum Gasteiger partial charge on any atom is -0.383 e. The molecular weight excluding hydrogens is 540 g/mol. The molecule has 1 aliphatic heterocycles. The molecule has 5 rings (SSSR count). The summed E-state index contributed by atoms with van der Waals surface area (Å²) in [5.41, 5.74) is 3.86. The third kappa shape index (κ3) is 6.43. The van der Waals surface area contributed by atoms with Gasteiger partial charge in [-0.3, -0.25) is 4.79 Å². The van der Waals surface area contributed by atoms with E-state index >= 15 is 0 Å². The van der Waals surface area contributed by atoms with Crippen LogP contribution in [0.25, 0.3) is 10.8 Å². The van der Waals surface area contributed by atoms with Crippen LogP contribution in [0, 0.1) is 13.8 Å². The fourth-order valence-electron chi connectivity index (χ4n) is 5.67. The smallest absolute Gasteiger partial charge is 0.259 e. The molecule has 1 saturated heterocycles. The number of aromatic amines is 1. The number of aromatic nitrogens is 2. The van der Waals surface area contributed by atoms with Gasteiger partial charge < -0.3 is 25.3 Å². The lowest BCUT2D eigenvalue weighted by Gasteiger charge is -2.32. The monoisotopic (exact) mass is 576 g/mol. The molecule has 2 aromatic heterocycles. The van der Waals surface area contributed by atoms with Crippen molar-refractivity contribution < 1.29 is 13.2 Å². The number of likely N-dealkylation sites (tertiary alicyclic amines) is 1. The molecule has 0 saturated carbocycles. The van der Waals surface area contributed by atoms with Gasteiger partial charge in [-0.25, -0.2) is 18.5 Å². The van der Waals surface area contributed by atoms with E-state index in [0.29, 0.717) is 39.6 Å². The standard InChI is InChI=1S/C30H36N6O4S/c1-19-5-4-6-25(28(19)41(31,38)39)34-26-18-22-9-12-32-30(37)27(22)29(35-26)33-23-7-8-24(20(2)17-23)21-10-13-36(14-11-21)15-16-40-3/h4-9,12,17-18,21H,10-11,13-16H2,1-3H3,(H,32,37)(H2,31,38,39)(H2,33,34,35). The van der Waals surface area contributed by atoms with Gasteiger partial charge in [0, 0.05) is 25.5 Å². The first-order valence-corrected chi connectivity index (χ1v) is 15.2. The number of primary sulfonamides is 1. The van der Waals surface area contributed by atoms with Crippen molar-refractivity contribution in [3.05, 3.63) is 81.8 Å². The molecule has 10 nitrogen and oxygen atoms in total. The van der Waals surface area contributed by atoms with Crippen LogP contribution >= 0.6 is 0 Å². The van der Waals surface area contributed by atoms with Crippen LogP contribution in [0.3, 0.4) is 0 Å². The predicted octanol–water partition coefficient (Wildman–Crippen LogP) is 4.50. The molecule has 0 bridgehead atoms. The Morgan fingerprint density at radius 1 is 1.07 bits per heavy atom. The molecule has 5 N–H and O–H groups in total. The summed E-state index contributed by atoms with van der Waals surface area (Å²) in [6.45, 7) is 7.62. The Balaban J connectivity index is 1.44. The van der Waals surface area contributed by atoms with Gasteiger partial charge in [0.05, 0.1) is 17.7 Å². The first-order valence-electron chi connectivity index (χ1n) is 13.6. The fraction of sp³-hybridized carbons (Fsp3) is 0.333. The summed E-state index contributed by atoms with van der Waals surface area (Å²) < 4.78 is 29.9. The molecule has 3 heterocycles. The minimum atomic E-state index is -3.99. The molecule has 0 unspecified atom stereocenters. The Bertz CT molecular complexity index is 1730. The number of anilines is 4. The summed E-state index contributed by atoms with van der Waals surface area (Å²) in [6.07, 6.45) is 3.78. The highest BCUT2D eigenvalue weighted by molar-refractivity contribution is 7.89.